The number of anilines is 2. The van der Waals surface area contributed by atoms with E-state index in [0.29, 0.717) is 42.7 Å². The van der Waals surface area contributed by atoms with Crippen LogP contribution >= 0.6 is 15.4 Å². The lowest BCUT2D eigenvalue weighted by atomic mass is 10.0. The molecule has 2 heterocycles. The maximum atomic E-state index is 12.2. The SMILES string of the molecule is CCCCCCCCCCCCCCCCOCCCOP(=O)([O-])OP(=O)([O-])COCCn1cnc2c(NC3CC3)nc(N)nc21. The van der Waals surface area contributed by atoms with Gasteiger partial charge in [0, 0.05) is 25.8 Å². The van der Waals surface area contributed by atoms with Crippen LogP contribution in [0.25, 0.3) is 11.2 Å². The van der Waals surface area contributed by atoms with Crippen molar-refractivity contribution in [3.63, 3.8) is 0 Å². The number of imidazole rings is 1. The Bertz CT molecular complexity index is 1230. The van der Waals surface area contributed by atoms with E-state index in [1.54, 1.807) is 4.57 Å². The van der Waals surface area contributed by atoms with Crippen molar-refractivity contribution in [1.82, 2.24) is 19.5 Å². The number of nitrogens with one attached hydrogen (secondary N) is 1. The van der Waals surface area contributed by atoms with Crippen molar-refractivity contribution in [2.75, 3.05) is 43.8 Å². The van der Waals surface area contributed by atoms with Crippen LogP contribution in [0, 0.1) is 0 Å². The lowest BCUT2D eigenvalue weighted by molar-refractivity contribution is -0.233. The van der Waals surface area contributed by atoms with Crippen LogP contribution in [0.5, 0.6) is 0 Å². The lowest BCUT2D eigenvalue weighted by Gasteiger charge is -2.31. The number of aromatic nitrogens is 4. The van der Waals surface area contributed by atoms with Gasteiger partial charge in [-0.25, -0.2) is 4.98 Å². The first-order chi connectivity index (χ1) is 22.2. The first kappa shape index (κ1) is 38.8. The van der Waals surface area contributed by atoms with Gasteiger partial charge >= 0.3 is 0 Å². The molecular weight excluding hydrogens is 634 g/mol. The van der Waals surface area contributed by atoms with Gasteiger partial charge in [0.2, 0.25) is 5.95 Å². The fraction of sp³-hybridized carbons (Fsp3) is 0.833. The number of phosphoric ester groups is 1. The molecule has 1 aliphatic rings. The summed E-state index contributed by atoms with van der Waals surface area (Å²) in [5.74, 6) is 0.628. The summed E-state index contributed by atoms with van der Waals surface area (Å²) in [5, 5.41) is 3.26. The molecule has 2 aromatic heterocycles. The molecule has 1 fully saturated rings. The molecule has 16 heteroatoms. The predicted octanol–water partition coefficient (Wildman–Crippen LogP) is 5.90. The standard InChI is InChI=1S/C30H56N6O8P2/c1-2-3-4-5-6-7-8-9-10-11-12-13-14-15-20-41-21-16-22-43-46(39,40)44-45(37,38)25-42-23-19-36-24-32-27-28(33-26-17-18-26)34-30(31)35-29(27)36/h24,26H,2-23,25H2,1H3,(H,37,38)(H,39,40)(H3,31,33,34,35)/p-2. The van der Waals surface area contributed by atoms with Gasteiger partial charge in [-0.2, -0.15) is 9.97 Å². The van der Waals surface area contributed by atoms with E-state index >= 15 is 0 Å². The van der Waals surface area contributed by atoms with Crippen LogP contribution in [0.3, 0.4) is 0 Å². The second kappa shape index (κ2) is 21.4. The molecule has 0 saturated heterocycles. The molecule has 46 heavy (non-hydrogen) atoms. The van der Waals surface area contributed by atoms with Gasteiger partial charge in [0.25, 0.3) is 7.82 Å². The van der Waals surface area contributed by atoms with Crippen LogP contribution in [0.15, 0.2) is 6.33 Å². The molecule has 3 rings (SSSR count). The Labute approximate surface area is 273 Å². The summed E-state index contributed by atoms with van der Waals surface area (Å²) in [4.78, 5) is 36.9. The van der Waals surface area contributed by atoms with Crippen LogP contribution in [-0.2, 0) is 34.0 Å². The van der Waals surface area contributed by atoms with E-state index in [-0.39, 0.29) is 25.7 Å². The summed E-state index contributed by atoms with van der Waals surface area (Å²) in [6, 6.07) is 0.343. The van der Waals surface area contributed by atoms with E-state index in [2.05, 4.69) is 36.0 Å². The average molecular weight is 689 g/mol. The third kappa shape index (κ3) is 16.5. The van der Waals surface area contributed by atoms with E-state index in [4.69, 9.17) is 15.2 Å². The number of nitrogens with zero attached hydrogens (tertiary/aromatic N) is 4. The summed E-state index contributed by atoms with van der Waals surface area (Å²) in [5.41, 5.74) is 6.85. The molecule has 0 radical (unpaired) electrons. The zero-order chi connectivity index (χ0) is 33.1. The van der Waals surface area contributed by atoms with Crippen LogP contribution < -0.4 is 20.8 Å². The number of phosphoric acid groups is 1. The zero-order valence-electron chi connectivity index (χ0n) is 27.4. The smallest absolute Gasteiger partial charge is 0.272 e. The fourth-order valence-electron chi connectivity index (χ4n) is 5.02. The topological polar surface area (TPSA) is 199 Å². The van der Waals surface area contributed by atoms with E-state index in [9.17, 15) is 18.9 Å². The van der Waals surface area contributed by atoms with Crippen LogP contribution in [-0.4, -0.2) is 58.3 Å². The van der Waals surface area contributed by atoms with E-state index in [0.717, 1.165) is 25.7 Å². The van der Waals surface area contributed by atoms with Gasteiger partial charge < -0.3 is 44.0 Å². The summed E-state index contributed by atoms with van der Waals surface area (Å²) in [6.45, 7) is 3.05. The molecule has 1 saturated carbocycles. The number of fused-ring (bicyclic) bond motifs is 1. The predicted molar refractivity (Wildman–Crippen MR) is 175 cm³/mol. The molecule has 2 atom stereocenters. The number of unbranched alkanes of at least 4 members (excludes halogenated alkanes) is 13. The van der Waals surface area contributed by atoms with Crippen molar-refractivity contribution >= 4 is 38.3 Å². The number of hydrogen-bond donors (Lipinski definition) is 2. The monoisotopic (exact) mass is 688 g/mol. The molecular formula is C30H54N6O8P2-2. The molecule has 0 aromatic carbocycles. The van der Waals surface area contributed by atoms with Gasteiger partial charge in [0.05, 0.1) is 19.5 Å². The Hall–Kier alpha value is -1.63. The number of hydrogen-bond acceptors (Lipinski definition) is 13. The number of rotatable bonds is 29. The zero-order valence-corrected chi connectivity index (χ0v) is 29.2. The van der Waals surface area contributed by atoms with Gasteiger partial charge in [0.1, 0.15) is 6.35 Å². The molecule has 264 valence electrons. The molecule has 0 spiro atoms. The molecule has 2 aromatic rings. The Balaban J connectivity index is 1.16. The first-order valence-corrected chi connectivity index (χ1v) is 20.3. The largest absolute Gasteiger partial charge is 0.777 e. The van der Waals surface area contributed by atoms with Gasteiger partial charge in [-0.15, -0.1) is 0 Å². The van der Waals surface area contributed by atoms with E-state index in [1.807, 2.05) is 0 Å². The Morgan fingerprint density at radius 2 is 1.46 bits per heavy atom. The number of nitrogens with two attached hydrogens (primary N) is 1. The van der Waals surface area contributed by atoms with Crippen molar-refractivity contribution in [2.24, 2.45) is 0 Å². The molecule has 3 N–H and O–H groups in total. The summed E-state index contributed by atoms with van der Waals surface area (Å²) in [7, 11) is -9.94. The van der Waals surface area contributed by atoms with Crippen molar-refractivity contribution in [2.45, 2.75) is 129 Å². The maximum Gasteiger partial charge on any atom is 0.272 e. The highest BCUT2D eigenvalue weighted by Gasteiger charge is 2.24. The molecule has 14 nitrogen and oxygen atoms in total. The number of nitrogen functional groups attached to an aromatic ring is 1. The van der Waals surface area contributed by atoms with Crippen LogP contribution in [0.1, 0.15) is 116 Å². The Morgan fingerprint density at radius 3 is 2.09 bits per heavy atom. The molecule has 0 aliphatic heterocycles. The molecule has 2 unspecified atom stereocenters. The first-order valence-electron chi connectivity index (χ1n) is 17.1. The Morgan fingerprint density at radius 1 is 0.848 bits per heavy atom. The third-order valence-electron chi connectivity index (χ3n) is 7.67. The minimum absolute atomic E-state index is 0.0724. The highest BCUT2D eigenvalue weighted by molar-refractivity contribution is 7.62. The van der Waals surface area contributed by atoms with Crippen LogP contribution in [0.2, 0.25) is 0 Å². The second-order valence-electron chi connectivity index (χ2n) is 12.0. The summed E-state index contributed by atoms with van der Waals surface area (Å²) < 4.78 is 45.5. The highest BCUT2D eigenvalue weighted by Crippen LogP contribution is 2.54. The average Bonchev–Trinajstić information content (AvgIpc) is 3.73. The van der Waals surface area contributed by atoms with Gasteiger partial charge in [0.15, 0.2) is 24.6 Å². The van der Waals surface area contributed by atoms with E-state index in [1.165, 1.54) is 83.4 Å². The van der Waals surface area contributed by atoms with Crippen molar-refractivity contribution in [1.29, 1.82) is 0 Å². The number of ether oxygens (including phenoxy) is 2. The highest BCUT2D eigenvalue weighted by atomic mass is 31.3. The van der Waals surface area contributed by atoms with Gasteiger partial charge in [-0.1, -0.05) is 90.4 Å². The fourth-order valence-corrected chi connectivity index (χ4v) is 7.32. The second-order valence-corrected chi connectivity index (χ2v) is 15.3. The Kier molecular flexibility index (Phi) is 18.0. The third-order valence-corrected chi connectivity index (χ3v) is 10.5. The van der Waals surface area contributed by atoms with Gasteiger partial charge in [-0.3, -0.25) is 8.88 Å². The molecule has 1 aliphatic carbocycles. The van der Waals surface area contributed by atoms with Gasteiger partial charge in [-0.05, 0) is 25.7 Å². The quantitative estimate of drug-likeness (QED) is 0.0757. The van der Waals surface area contributed by atoms with Crippen molar-refractivity contribution in [3.8, 4) is 0 Å². The minimum Gasteiger partial charge on any atom is -0.777 e. The summed E-state index contributed by atoms with van der Waals surface area (Å²) in [6.07, 6.45) is 21.0. The normalized spacial score (nSPS) is 16.1. The minimum atomic E-state index is -5.07. The maximum absolute atomic E-state index is 12.2. The van der Waals surface area contributed by atoms with E-state index < -0.39 is 21.8 Å². The molecule has 0 amide bonds. The molecule has 0 bridgehead atoms. The lowest BCUT2D eigenvalue weighted by Crippen LogP contribution is -2.17. The van der Waals surface area contributed by atoms with Crippen LogP contribution in [0.4, 0.5) is 11.8 Å². The summed E-state index contributed by atoms with van der Waals surface area (Å²) >= 11 is 0. The van der Waals surface area contributed by atoms with Crippen molar-refractivity contribution < 1.29 is 37.2 Å². The van der Waals surface area contributed by atoms with Crippen molar-refractivity contribution in [3.05, 3.63) is 6.33 Å².